The van der Waals surface area contributed by atoms with Crippen LogP contribution >= 0.6 is 0 Å². The van der Waals surface area contributed by atoms with Crippen molar-refractivity contribution in [3.8, 4) is 0 Å². The summed E-state index contributed by atoms with van der Waals surface area (Å²) in [5.41, 5.74) is 0.795. The van der Waals surface area contributed by atoms with Gasteiger partial charge in [0.25, 0.3) is 0 Å². The molecule has 1 aromatic carbocycles. The van der Waals surface area contributed by atoms with E-state index < -0.39 is 30.1 Å². The molecular formula is C15H17F3N2O3. The minimum Gasteiger partial charge on any atom is -0.478 e. The normalized spacial score (nSPS) is 21.3. The number of aromatic carboxylic acids is 1. The number of benzene rings is 1. The van der Waals surface area contributed by atoms with Crippen molar-refractivity contribution in [1.82, 2.24) is 10.2 Å². The molecule has 0 radical (unpaired) electrons. The third-order valence-corrected chi connectivity index (χ3v) is 4.08. The van der Waals surface area contributed by atoms with Crippen molar-refractivity contribution in [3.63, 3.8) is 0 Å². The number of rotatable bonds is 3. The number of likely N-dealkylation sites (tertiary alicyclic amines) is 1. The van der Waals surface area contributed by atoms with E-state index in [2.05, 4.69) is 5.32 Å². The van der Waals surface area contributed by atoms with E-state index >= 15 is 0 Å². The molecule has 1 aliphatic rings. The summed E-state index contributed by atoms with van der Waals surface area (Å²) in [6.07, 6.45) is -4.40. The van der Waals surface area contributed by atoms with Gasteiger partial charge >= 0.3 is 18.2 Å². The Morgan fingerprint density at radius 1 is 1.30 bits per heavy atom. The summed E-state index contributed by atoms with van der Waals surface area (Å²) in [6, 6.07) is 4.46. The Morgan fingerprint density at radius 2 is 1.91 bits per heavy atom. The van der Waals surface area contributed by atoms with Crippen LogP contribution in [0.4, 0.5) is 18.0 Å². The SMILES string of the molecule is CC1C(C(F)(F)F)CCN1C(=O)NCc1ccc(C(=O)O)cc1. The first-order valence-corrected chi connectivity index (χ1v) is 7.13. The molecule has 2 rings (SSSR count). The fourth-order valence-electron chi connectivity index (χ4n) is 2.71. The fourth-order valence-corrected chi connectivity index (χ4v) is 2.71. The minimum absolute atomic E-state index is 0.0646. The summed E-state index contributed by atoms with van der Waals surface area (Å²) in [6.45, 7) is 1.58. The molecule has 1 heterocycles. The monoisotopic (exact) mass is 330 g/mol. The predicted octanol–water partition coefficient (Wildman–Crippen LogP) is 2.87. The number of carbonyl (C=O) groups excluding carboxylic acids is 1. The summed E-state index contributed by atoms with van der Waals surface area (Å²) < 4.78 is 38.4. The number of amides is 2. The standard InChI is InChI=1S/C15H17F3N2O3/c1-9-12(15(16,17)18)6-7-20(9)14(23)19-8-10-2-4-11(5-3-10)13(21)22/h2-5,9,12H,6-8H2,1H3,(H,19,23)(H,21,22). The molecule has 1 fully saturated rings. The van der Waals surface area contributed by atoms with Crippen LogP contribution in [0.15, 0.2) is 24.3 Å². The van der Waals surface area contributed by atoms with Gasteiger partial charge in [-0.1, -0.05) is 12.1 Å². The average Bonchev–Trinajstić information content (AvgIpc) is 2.87. The third kappa shape index (κ3) is 3.94. The van der Waals surface area contributed by atoms with Gasteiger partial charge in [0, 0.05) is 19.1 Å². The second-order valence-corrected chi connectivity index (χ2v) is 5.53. The number of halogens is 3. The lowest BCUT2D eigenvalue weighted by Crippen LogP contribution is -2.44. The van der Waals surface area contributed by atoms with Crippen LogP contribution in [0, 0.1) is 5.92 Å². The average molecular weight is 330 g/mol. The number of hydrogen-bond acceptors (Lipinski definition) is 2. The molecule has 126 valence electrons. The number of carboxylic acid groups (broad SMARTS) is 1. The number of hydrogen-bond donors (Lipinski definition) is 2. The van der Waals surface area contributed by atoms with Crippen LogP contribution in [0.3, 0.4) is 0 Å². The zero-order valence-electron chi connectivity index (χ0n) is 12.4. The number of carbonyl (C=O) groups is 2. The zero-order chi connectivity index (χ0) is 17.2. The number of carboxylic acids is 1. The second-order valence-electron chi connectivity index (χ2n) is 5.53. The van der Waals surface area contributed by atoms with Crippen LogP contribution in [0.25, 0.3) is 0 Å². The van der Waals surface area contributed by atoms with Crippen molar-refractivity contribution in [2.75, 3.05) is 6.54 Å². The van der Waals surface area contributed by atoms with Gasteiger partial charge in [0.05, 0.1) is 11.5 Å². The Morgan fingerprint density at radius 3 is 2.39 bits per heavy atom. The van der Waals surface area contributed by atoms with Gasteiger partial charge in [-0.25, -0.2) is 9.59 Å². The van der Waals surface area contributed by atoms with E-state index in [1.165, 1.54) is 24.0 Å². The van der Waals surface area contributed by atoms with E-state index in [-0.39, 0.29) is 25.1 Å². The van der Waals surface area contributed by atoms with Crippen molar-refractivity contribution in [1.29, 1.82) is 0 Å². The highest BCUT2D eigenvalue weighted by molar-refractivity contribution is 5.87. The Balaban J connectivity index is 1.91. The fraction of sp³-hybridized carbons (Fsp3) is 0.467. The number of nitrogens with zero attached hydrogens (tertiary/aromatic N) is 1. The highest BCUT2D eigenvalue weighted by Crippen LogP contribution is 2.37. The van der Waals surface area contributed by atoms with E-state index in [0.29, 0.717) is 5.56 Å². The van der Waals surface area contributed by atoms with Crippen molar-refractivity contribution >= 4 is 12.0 Å². The van der Waals surface area contributed by atoms with E-state index in [1.54, 1.807) is 12.1 Å². The number of urea groups is 1. The summed E-state index contributed by atoms with van der Waals surface area (Å²) >= 11 is 0. The number of alkyl halides is 3. The van der Waals surface area contributed by atoms with Crippen LogP contribution in [0.1, 0.15) is 29.3 Å². The zero-order valence-corrected chi connectivity index (χ0v) is 12.4. The molecule has 1 aromatic rings. The lowest BCUT2D eigenvalue weighted by atomic mass is 10.0. The molecule has 2 unspecified atom stereocenters. The molecule has 8 heteroatoms. The van der Waals surface area contributed by atoms with Crippen LogP contribution in [0.2, 0.25) is 0 Å². The molecule has 1 aliphatic heterocycles. The predicted molar refractivity (Wildman–Crippen MR) is 76.0 cm³/mol. The summed E-state index contributed by atoms with van der Waals surface area (Å²) in [5.74, 6) is -2.55. The van der Waals surface area contributed by atoms with E-state index in [0.717, 1.165) is 0 Å². The Bertz CT molecular complexity index is 587. The lowest BCUT2D eigenvalue weighted by molar-refractivity contribution is -0.177. The number of nitrogens with one attached hydrogen (secondary N) is 1. The first-order valence-electron chi connectivity index (χ1n) is 7.13. The van der Waals surface area contributed by atoms with Gasteiger partial charge in [-0.3, -0.25) is 0 Å². The van der Waals surface area contributed by atoms with Gasteiger partial charge in [-0.2, -0.15) is 13.2 Å². The molecule has 0 bridgehead atoms. The first-order chi connectivity index (χ1) is 10.7. The van der Waals surface area contributed by atoms with Gasteiger partial charge < -0.3 is 15.3 Å². The van der Waals surface area contributed by atoms with E-state index in [4.69, 9.17) is 5.11 Å². The molecule has 2 N–H and O–H groups in total. The topological polar surface area (TPSA) is 69.6 Å². The smallest absolute Gasteiger partial charge is 0.393 e. The largest absolute Gasteiger partial charge is 0.478 e. The maximum atomic E-state index is 12.8. The van der Waals surface area contributed by atoms with Crippen LogP contribution in [0.5, 0.6) is 0 Å². The maximum absolute atomic E-state index is 12.8. The second kappa shape index (κ2) is 6.47. The molecular weight excluding hydrogens is 313 g/mol. The minimum atomic E-state index is -4.30. The molecule has 1 saturated heterocycles. The van der Waals surface area contributed by atoms with Crippen molar-refractivity contribution in [2.24, 2.45) is 5.92 Å². The van der Waals surface area contributed by atoms with Gasteiger partial charge in [0.2, 0.25) is 0 Å². The van der Waals surface area contributed by atoms with E-state index in [9.17, 15) is 22.8 Å². The van der Waals surface area contributed by atoms with E-state index in [1.807, 2.05) is 0 Å². The van der Waals surface area contributed by atoms with Crippen molar-refractivity contribution in [2.45, 2.75) is 32.1 Å². The molecule has 0 saturated carbocycles. The maximum Gasteiger partial charge on any atom is 0.393 e. The third-order valence-electron chi connectivity index (χ3n) is 4.08. The highest BCUT2D eigenvalue weighted by Gasteiger charge is 2.49. The molecule has 0 spiro atoms. The summed E-state index contributed by atoms with van der Waals surface area (Å²) in [4.78, 5) is 23.9. The van der Waals surface area contributed by atoms with Gasteiger partial charge in [-0.05, 0) is 31.0 Å². The molecule has 5 nitrogen and oxygen atoms in total. The van der Waals surface area contributed by atoms with Gasteiger partial charge in [0.15, 0.2) is 0 Å². The first kappa shape index (κ1) is 17.1. The van der Waals surface area contributed by atoms with Gasteiger partial charge in [0.1, 0.15) is 0 Å². The quantitative estimate of drug-likeness (QED) is 0.895. The molecule has 23 heavy (non-hydrogen) atoms. The van der Waals surface area contributed by atoms with Crippen LogP contribution < -0.4 is 5.32 Å². The molecule has 0 aliphatic carbocycles. The van der Waals surface area contributed by atoms with Crippen molar-refractivity contribution in [3.05, 3.63) is 35.4 Å². The van der Waals surface area contributed by atoms with Crippen LogP contribution in [-0.2, 0) is 6.54 Å². The summed E-state index contributed by atoms with van der Waals surface area (Å²) in [5, 5.41) is 11.4. The Kier molecular flexibility index (Phi) is 4.82. The Labute approximate surface area is 131 Å². The lowest BCUT2D eigenvalue weighted by Gasteiger charge is -2.26. The molecule has 2 amide bonds. The van der Waals surface area contributed by atoms with Crippen LogP contribution in [-0.4, -0.2) is 40.8 Å². The Hall–Kier alpha value is -2.25. The summed E-state index contributed by atoms with van der Waals surface area (Å²) in [7, 11) is 0. The molecule has 0 aromatic heterocycles. The molecule has 2 atom stereocenters. The van der Waals surface area contributed by atoms with Gasteiger partial charge in [-0.15, -0.1) is 0 Å². The highest BCUT2D eigenvalue weighted by atomic mass is 19.4. The van der Waals surface area contributed by atoms with Crippen molar-refractivity contribution < 1.29 is 27.9 Å².